The molecular formula is C13H21N7O. The van der Waals surface area contributed by atoms with Crippen LogP contribution < -0.4 is 10.6 Å². The predicted molar refractivity (Wildman–Crippen MR) is 80.7 cm³/mol. The third-order valence-electron chi connectivity index (χ3n) is 2.60. The normalized spacial score (nSPS) is 10.6. The number of aromatic nitrogens is 5. The van der Waals surface area contributed by atoms with Crippen molar-refractivity contribution >= 4 is 11.9 Å². The molecule has 0 saturated heterocycles. The largest absolute Gasteiger partial charge is 0.380 e. The molecule has 0 radical (unpaired) electrons. The number of anilines is 2. The third-order valence-corrected chi connectivity index (χ3v) is 2.60. The summed E-state index contributed by atoms with van der Waals surface area (Å²) in [4.78, 5) is 13.0. The van der Waals surface area contributed by atoms with Crippen molar-refractivity contribution in [2.75, 3.05) is 36.9 Å². The third kappa shape index (κ3) is 4.67. The number of nitrogens with zero attached hydrogens (tertiary/aromatic N) is 5. The van der Waals surface area contributed by atoms with Crippen LogP contribution in [0.25, 0.3) is 5.95 Å². The number of nitrogens with one attached hydrogen (secondary N) is 2. The first-order chi connectivity index (χ1) is 10.3. The lowest BCUT2D eigenvalue weighted by Crippen LogP contribution is -2.16. The molecule has 0 aliphatic heterocycles. The Balaban J connectivity index is 2.12. The lowest BCUT2D eigenvalue weighted by molar-refractivity contribution is 0.158. The van der Waals surface area contributed by atoms with Gasteiger partial charge in [0.1, 0.15) is 0 Å². The summed E-state index contributed by atoms with van der Waals surface area (Å²) in [6, 6.07) is 1.82. The molecule has 0 fully saturated rings. The van der Waals surface area contributed by atoms with Crippen molar-refractivity contribution in [3.05, 3.63) is 18.5 Å². The zero-order valence-electron chi connectivity index (χ0n) is 12.4. The summed E-state index contributed by atoms with van der Waals surface area (Å²) in [5.41, 5.74) is 0. The summed E-state index contributed by atoms with van der Waals surface area (Å²) in [6.07, 6.45) is 4.48. The Hall–Kier alpha value is -2.22. The Morgan fingerprint density at radius 2 is 1.86 bits per heavy atom. The minimum Gasteiger partial charge on any atom is -0.380 e. The fraction of sp³-hybridized carbons (Fsp3) is 0.538. The molecule has 0 aliphatic rings. The van der Waals surface area contributed by atoms with E-state index in [-0.39, 0.29) is 0 Å². The van der Waals surface area contributed by atoms with Gasteiger partial charge < -0.3 is 15.4 Å². The highest BCUT2D eigenvalue weighted by atomic mass is 16.5. The Kier molecular flexibility index (Phi) is 5.89. The maximum atomic E-state index is 5.29. The Labute approximate surface area is 124 Å². The molecule has 0 atom stereocenters. The highest BCUT2D eigenvalue weighted by Gasteiger charge is 2.07. The van der Waals surface area contributed by atoms with E-state index in [0.717, 1.165) is 13.0 Å². The Morgan fingerprint density at radius 3 is 2.48 bits per heavy atom. The summed E-state index contributed by atoms with van der Waals surface area (Å²) in [7, 11) is 0. The molecule has 2 aromatic heterocycles. The molecular weight excluding hydrogens is 270 g/mol. The standard InChI is InChI=1S/C13H21N7O/c1-3-6-14-11-17-12(15-8-10-21-4-2)19-13(18-11)20-9-5-7-16-20/h5,7,9H,3-4,6,8,10H2,1-2H3,(H2,14,15,17,18,19). The van der Waals surface area contributed by atoms with E-state index >= 15 is 0 Å². The first kappa shape index (κ1) is 15.2. The number of hydrogen-bond donors (Lipinski definition) is 2. The van der Waals surface area contributed by atoms with Crippen LogP contribution in [0.3, 0.4) is 0 Å². The molecule has 2 N–H and O–H groups in total. The monoisotopic (exact) mass is 291 g/mol. The maximum absolute atomic E-state index is 5.29. The van der Waals surface area contributed by atoms with Crippen LogP contribution in [-0.4, -0.2) is 51.0 Å². The number of rotatable bonds is 9. The van der Waals surface area contributed by atoms with Crippen molar-refractivity contribution in [2.24, 2.45) is 0 Å². The van der Waals surface area contributed by atoms with Crippen LogP contribution >= 0.6 is 0 Å². The molecule has 0 aliphatic carbocycles. The van der Waals surface area contributed by atoms with E-state index in [9.17, 15) is 0 Å². The number of ether oxygens (including phenoxy) is 1. The van der Waals surface area contributed by atoms with E-state index in [1.165, 1.54) is 0 Å². The average molecular weight is 291 g/mol. The fourth-order valence-electron chi connectivity index (χ4n) is 1.63. The van der Waals surface area contributed by atoms with E-state index in [2.05, 4.69) is 37.6 Å². The predicted octanol–water partition coefficient (Wildman–Crippen LogP) is 1.33. The van der Waals surface area contributed by atoms with Gasteiger partial charge in [0.2, 0.25) is 11.9 Å². The summed E-state index contributed by atoms with van der Waals surface area (Å²) >= 11 is 0. The minimum absolute atomic E-state index is 0.479. The molecule has 0 amide bonds. The average Bonchev–Trinajstić information content (AvgIpc) is 3.04. The van der Waals surface area contributed by atoms with Crippen LogP contribution in [0.1, 0.15) is 20.3 Å². The lowest BCUT2D eigenvalue weighted by Gasteiger charge is -2.09. The van der Waals surface area contributed by atoms with Gasteiger partial charge in [-0.25, -0.2) is 4.68 Å². The molecule has 0 spiro atoms. The molecule has 21 heavy (non-hydrogen) atoms. The molecule has 114 valence electrons. The first-order valence-electron chi connectivity index (χ1n) is 7.15. The molecule has 0 saturated carbocycles. The van der Waals surface area contributed by atoms with E-state index in [4.69, 9.17) is 4.74 Å². The zero-order chi connectivity index (χ0) is 14.9. The van der Waals surface area contributed by atoms with Gasteiger partial charge in [-0.1, -0.05) is 6.92 Å². The molecule has 8 nitrogen and oxygen atoms in total. The summed E-state index contributed by atoms with van der Waals surface area (Å²) in [6.45, 7) is 6.80. The molecule has 0 bridgehead atoms. The van der Waals surface area contributed by atoms with Gasteiger partial charge in [0.05, 0.1) is 6.61 Å². The lowest BCUT2D eigenvalue weighted by atomic mass is 10.5. The smallest absolute Gasteiger partial charge is 0.257 e. The van der Waals surface area contributed by atoms with Gasteiger partial charge in [-0.3, -0.25) is 0 Å². The SMILES string of the molecule is CCCNc1nc(NCCOCC)nc(-n2cccn2)n1. The van der Waals surface area contributed by atoms with Gasteiger partial charge in [-0.05, 0) is 19.4 Å². The highest BCUT2D eigenvalue weighted by Crippen LogP contribution is 2.08. The topological polar surface area (TPSA) is 89.8 Å². The van der Waals surface area contributed by atoms with Crippen molar-refractivity contribution in [3.8, 4) is 5.95 Å². The first-order valence-corrected chi connectivity index (χ1v) is 7.15. The molecule has 0 aromatic carbocycles. The van der Waals surface area contributed by atoms with Gasteiger partial charge >= 0.3 is 0 Å². The molecule has 0 unspecified atom stereocenters. The van der Waals surface area contributed by atoms with Gasteiger partial charge in [-0.2, -0.15) is 20.1 Å². The van der Waals surface area contributed by atoms with Crippen molar-refractivity contribution in [1.82, 2.24) is 24.7 Å². The van der Waals surface area contributed by atoms with Crippen LogP contribution in [-0.2, 0) is 4.74 Å². The van der Waals surface area contributed by atoms with Crippen LogP contribution in [0.15, 0.2) is 18.5 Å². The quantitative estimate of drug-likeness (QED) is 0.673. The van der Waals surface area contributed by atoms with Crippen molar-refractivity contribution in [3.63, 3.8) is 0 Å². The van der Waals surface area contributed by atoms with Crippen molar-refractivity contribution in [1.29, 1.82) is 0 Å². The van der Waals surface area contributed by atoms with E-state index in [1.54, 1.807) is 17.1 Å². The summed E-state index contributed by atoms with van der Waals surface area (Å²) < 4.78 is 6.89. The van der Waals surface area contributed by atoms with E-state index in [0.29, 0.717) is 37.6 Å². The molecule has 2 heterocycles. The fourth-order valence-corrected chi connectivity index (χ4v) is 1.63. The zero-order valence-corrected chi connectivity index (χ0v) is 12.4. The van der Waals surface area contributed by atoms with Crippen LogP contribution in [0.4, 0.5) is 11.9 Å². The maximum Gasteiger partial charge on any atom is 0.257 e. The Morgan fingerprint density at radius 1 is 1.10 bits per heavy atom. The van der Waals surface area contributed by atoms with Gasteiger partial charge in [-0.15, -0.1) is 0 Å². The van der Waals surface area contributed by atoms with E-state index in [1.807, 2.05) is 13.0 Å². The van der Waals surface area contributed by atoms with Crippen LogP contribution in [0.2, 0.25) is 0 Å². The Bertz CT molecular complexity index is 529. The van der Waals surface area contributed by atoms with Gasteiger partial charge in [0.25, 0.3) is 5.95 Å². The second kappa shape index (κ2) is 8.15. The van der Waals surface area contributed by atoms with Crippen LogP contribution in [0, 0.1) is 0 Å². The molecule has 8 heteroatoms. The second-order valence-electron chi connectivity index (χ2n) is 4.28. The van der Waals surface area contributed by atoms with E-state index < -0.39 is 0 Å². The van der Waals surface area contributed by atoms with Crippen molar-refractivity contribution < 1.29 is 4.74 Å². The molecule has 2 rings (SSSR count). The van der Waals surface area contributed by atoms with Crippen LogP contribution in [0.5, 0.6) is 0 Å². The van der Waals surface area contributed by atoms with Crippen molar-refractivity contribution in [2.45, 2.75) is 20.3 Å². The highest BCUT2D eigenvalue weighted by molar-refractivity contribution is 5.37. The summed E-state index contributed by atoms with van der Waals surface area (Å²) in [5.74, 6) is 1.53. The van der Waals surface area contributed by atoms with Gasteiger partial charge in [0, 0.05) is 32.1 Å². The van der Waals surface area contributed by atoms with Gasteiger partial charge in [0.15, 0.2) is 0 Å². The second-order valence-corrected chi connectivity index (χ2v) is 4.28. The number of hydrogen-bond acceptors (Lipinski definition) is 7. The minimum atomic E-state index is 0.479. The summed E-state index contributed by atoms with van der Waals surface area (Å²) in [5, 5.41) is 10.4. The molecule has 2 aromatic rings.